The summed E-state index contributed by atoms with van der Waals surface area (Å²) in [6.45, 7) is 4.82. The summed E-state index contributed by atoms with van der Waals surface area (Å²) in [6.07, 6.45) is 4.13. The van der Waals surface area contributed by atoms with E-state index in [-0.39, 0.29) is 23.8 Å². The van der Waals surface area contributed by atoms with Gasteiger partial charge in [0.15, 0.2) is 9.84 Å². The van der Waals surface area contributed by atoms with E-state index in [1.807, 2.05) is 6.92 Å². The Kier molecular flexibility index (Phi) is 7.71. The van der Waals surface area contributed by atoms with Crippen LogP contribution in [0.2, 0.25) is 0 Å². The Bertz CT molecular complexity index is 928. The Morgan fingerprint density at radius 3 is 2.39 bits per heavy atom. The van der Waals surface area contributed by atoms with E-state index in [2.05, 4.69) is 21.3 Å². The fourth-order valence-electron chi connectivity index (χ4n) is 5.46. The van der Waals surface area contributed by atoms with Crippen LogP contribution in [0.4, 0.5) is 0 Å². The summed E-state index contributed by atoms with van der Waals surface area (Å²) in [7, 11) is -3.43. The van der Waals surface area contributed by atoms with Crippen molar-refractivity contribution >= 4 is 21.7 Å². The monoisotopic (exact) mass is 476 g/mol. The van der Waals surface area contributed by atoms with E-state index in [1.165, 1.54) is 0 Å². The number of carbonyl (C=O) groups excluding carboxylic acids is 2. The zero-order chi connectivity index (χ0) is 23.4. The van der Waals surface area contributed by atoms with Gasteiger partial charge in [0.05, 0.1) is 16.2 Å². The highest BCUT2D eigenvalue weighted by Gasteiger charge is 2.38. The summed E-state index contributed by atoms with van der Waals surface area (Å²) in [4.78, 5) is 24.9. The fourth-order valence-corrected chi connectivity index (χ4v) is 7.25. The Morgan fingerprint density at radius 2 is 1.73 bits per heavy atom. The maximum absolute atomic E-state index is 13.1. The first-order chi connectivity index (χ1) is 15.9. The minimum atomic E-state index is -3.43. The molecule has 2 heterocycles. The lowest BCUT2D eigenvalue weighted by molar-refractivity contribution is -0.126. The molecule has 0 bridgehead atoms. The summed E-state index contributed by atoms with van der Waals surface area (Å²) in [5.74, 6) is 0.458. The van der Waals surface area contributed by atoms with Crippen molar-refractivity contribution in [2.24, 2.45) is 11.8 Å². The lowest BCUT2D eigenvalue weighted by Crippen LogP contribution is -2.45. The van der Waals surface area contributed by atoms with Crippen LogP contribution in [-0.2, 0) is 26.0 Å². The summed E-state index contributed by atoms with van der Waals surface area (Å²) in [5.41, 5.74) is 0.874. The van der Waals surface area contributed by atoms with Gasteiger partial charge in [0, 0.05) is 25.0 Å². The Hall–Kier alpha value is -1.97. The molecule has 1 aromatic carbocycles. The van der Waals surface area contributed by atoms with Crippen LogP contribution < -0.4 is 21.3 Å². The standard InChI is InChI=1S/C24H36N4O4S/c1-2-26-23(29)17-5-9-20(10-6-17)33(31,32)19-7-3-16(4-8-19)14-27-24(30)22-13-18-15-25-12-11-21(18)28-22/h3-4,7-8,17-18,20-22,25,28H,2,5-6,9-15H2,1H3,(H,26,29)(H,27,30). The van der Waals surface area contributed by atoms with Crippen molar-refractivity contribution in [2.45, 2.75) is 74.2 Å². The molecule has 0 radical (unpaired) electrons. The molecule has 8 nitrogen and oxygen atoms in total. The van der Waals surface area contributed by atoms with E-state index in [0.717, 1.165) is 31.5 Å². The molecule has 3 fully saturated rings. The minimum Gasteiger partial charge on any atom is -0.356 e. The van der Waals surface area contributed by atoms with E-state index in [0.29, 0.717) is 55.6 Å². The molecule has 9 heteroatoms. The summed E-state index contributed by atoms with van der Waals surface area (Å²) in [5, 5.41) is 12.2. The molecule has 1 aliphatic carbocycles. The molecule has 0 aromatic heterocycles. The fraction of sp³-hybridized carbons (Fsp3) is 0.667. The molecule has 3 unspecified atom stereocenters. The molecule has 4 N–H and O–H groups in total. The van der Waals surface area contributed by atoms with E-state index < -0.39 is 15.1 Å². The lowest BCUT2D eigenvalue weighted by atomic mass is 9.88. The number of hydrogen-bond acceptors (Lipinski definition) is 6. The molecule has 1 saturated carbocycles. The van der Waals surface area contributed by atoms with Gasteiger partial charge >= 0.3 is 0 Å². The average molecular weight is 477 g/mol. The highest BCUT2D eigenvalue weighted by Crippen LogP contribution is 2.32. The normalized spacial score (nSPS) is 29.8. The third-order valence-electron chi connectivity index (χ3n) is 7.43. The maximum Gasteiger partial charge on any atom is 0.237 e. The number of carbonyl (C=O) groups is 2. The van der Waals surface area contributed by atoms with Gasteiger partial charge < -0.3 is 21.3 Å². The van der Waals surface area contributed by atoms with Gasteiger partial charge in [0.2, 0.25) is 11.8 Å². The molecule has 4 rings (SSSR count). The quantitative estimate of drug-likeness (QED) is 0.469. The first kappa shape index (κ1) is 24.2. The molecule has 3 aliphatic rings. The van der Waals surface area contributed by atoms with Crippen molar-refractivity contribution in [1.82, 2.24) is 21.3 Å². The molecule has 182 valence electrons. The topological polar surface area (TPSA) is 116 Å². The molecule has 1 aromatic rings. The minimum absolute atomic E-state index is 0.00460. The number of fused-ring (bicyclic) bond motifs is 1. The second-order valence-corrected chi connectivity index (χ2v) is 11.8. The van der Waals surface area contributed by atoms with Gasteiger partial charge in [0.1, 0.15) is 0 Å². The molecule has 33 heavy (non-hydrogen) atoms. The first-order valence-corrected chi connectivity index (χ1v) is 13.8. The first-order valence-electron chi connectivity index (χ1n) is 12.2. The highest BCUT2D eigenvalue weighted by atomic mass is 32.2. The number of benzene rings is 1. The molecule has 2 saturated heterocycles. The summed E-state index contributed by atoms with van der Waals surface area (Å²) in [6, 6.07) is 7.09. The molecule has 0 spiro atoms. The second kappa shape index (κ2) is 10.5. The molecular weight excluding hydrogens is 440 g/mol. The van der Waals surface area contributed by atoms with Crippen LogP contribution in [0.3, 0.4) is 0 Å². The zero-order valence-electron chi connectivity index (χ0n) is 19.3. The SMILES string of the molecule is CCNC(=O)C1CCC(S(=O)(=O)c2ccc(CNC(=O)C3CC4CNCCC4N3)cc2)CC1. The third kappa shape index (κ3) is 5.58. The van der Waals surface area contributed by atoms with Gasteiger partial charge in [-0.05, 0) is 82.2 Å². The van der Waals surface area contributed by atoms with Crippen molar-refractivity contribution in [2.75, 3.05) is 19.6 Å². The number of rotatable bonds is 7. The predicted octanol–water partition coefficient (Wildman–Crippen LogP) is 1.11. The summed E-state index contributed by atoms with van der Waals surface area (Å²) >= 11 is 0. The van der Waals surface area contributed by atoms with Gasteiger partial charge in [-0.2, -0.15) is 0 Å². The van der Waals surface area contributed by atoms with Crippen LogP contribution in [0.15, 0.2) is 29.2 Å². The number of sulfone groups is 1. The van der Waals surface area contributed by atoms with Crippen LogP contribution in [0.25, 0.3) is 0 Å². The molecule has 3 atom stereocenters. The second-order valence-electron chi connectivity index (χ2n) is 9.59. The van der Waals surface area contributed by atoms with E-state index in [1.54, 1.807) is 24.3 Å². The highest BCUT2D eigenvalue weighted by molar-refractivity contribution is 7.92. The van der Waals surface area contributed by atoms with E-state index in [9.17, 15) is 18.0 Å². The van der Waals surface area contributed by atoms with Gasteiger partial charge in [-0.1, -0.05) is 12.1 Å². The maximum atomic E-state index is 13.1. The summed E-state index contributed by atoms with van der Waals surface area (Å²) < 4.78 is 26.2. The van der Waals surface area contributed by atoms with Crippen molar-refractivity contribution in [3.63, 3.8) is 0 Å². The Balaban J connectivity index is 1.28. The Labute approximate surface area is 196 Å². The van der Waals surface area contributed by atoms with Crippen LogP contribution in [-0.4, -0.2) is 57.2 Å². The van der Waals surface area contributed by atoms with Gasteiger partial charge in [-0.25, -0.2) is 8.42 Å². The van der Waals surface area contributed by atoms with Crippen molar-refractivity contribution < 1.29 is 18.0 Å². The third-order valence-corrected chi connectivity index (χ3v) is 9.71. The molecular formula is C24H36N4O4S. The predicted molar refractivity (Wildman–Crippen MR) is 126 cm³/mol. The van der Waals surface area contributed by atoms with E-state index in [4.69, 9.17) is 0 Å². The van der Waals surface area contributed by atoms with Crippen molar-refractivity contribution in [3.05, 3.63) is 29.8 Å². The van der Waals surface area contributed by atoms with Gasteiger partial charge in [0.25, 0.3) is 0 Å². The smallest absolute Gasteiger partial charge is 0.237 e. The number of nitrogens with one attached hydrogen (secondary N) is 4. The largest absolute Gasteiger partial charge is 0.356 e. The van der Waals surface area contributed by atoms with Crippen LogP contribution in [0.1, 0.15) is 51.0 Å². The van der Waals surface area contributed by atoms with E-state index >= 15 is 0 Å². The van der Waals surface area contributed by atoms with Crippen LogP contribution >= 0.6 is 0 Å². The Morgan fingerprint density at radius 1 is 1.00 bits per heavy atom. The number of piperidine rings is 1. The lowest BCUT2D eigenvalue weighted by Gasteiger charge is -2.27. The van der Waals surface area contributed by atoms with Gasteiger partial charge in [-0.15, -0.1) is 0 Å². The molecule has 2 aliphatic heterocycles. The van der Waals surface area contributed by atoms with Crippen LogP contribution in [0, 0.1) is 11.8 Å². The van der Waals surface area contributed by atoms with Crippen molar-refractivity contribution in [1.29, 1.82) is 0 Å². The average Bonchev–Trinajstić information content (AvgIpc) is 3.27. The molecule has 2 amide bonds. The number of hydrogen-bond donors (Lipinski definition) is 4. The number of amides is 2. The van der Waals surface area contributed by atoms with Gasteiger partial charge in [-0.3, -0.25) is 9.59 Å². The van der Waals surface area contributed by atoms with Crippen molar-refractivity contribution in [3.8, 4) is 0 Å². The van der Waals surface area contributed by atoms with Crippen LogP contribution in [0.5, 0.6) is 0 Å². The zero-order valence-corrected chi connectivity index (χ0v) is 20.1.